The number of cyclic esters (lactones) is 1. The molecule has 40 heavy (non-hydrogen) atoms. The first-order valence-electron chi connectivity index (χ1n) is 13.2. The van der Waals surface area contributed by atoms with Crippen molar-refractivity contribution in [2.24, 2.45) is 0 Å². The fraction of sp³-hybridized carbons (Fsp3) is 0.407. The normalized spacial score (nSPS) is 20.6. The first-order valence-corrected chi connectivity index (χ1v) is 13.2. The van der Waals surface area contributed by atoms with E-state index >= 15 is 0 Å². The first kappa shape index (κ1) is 25.9. The molecule has 2 amide bonds. The predicted molar refractivity (Wildman–Crippen MR) is 144 cm³/mol. The molecule has 0 spiro atoms. The van der Waals surface area contributed by atoms with Crippen LogP contribution >= 0.6 is 0 Å². The van der Waals surface area contributed by atoms with E-state index < -0.39 is 6.09 Å². The molecule has 2 fully saturated rings. The number of nitrogens with zero attached hydrogens (tertiary/aromatic N) is 6. The van der Waals surface area contributed by atoms with E-state index in [1.54, 1.807) is 36.9 Å². The number of nitrogens with one attached hydrogen (secondary N) is 2. The molecule has 2 unspecified atom stereocenters. The van der Waals surface area contributed by atoms with Crippen LogP contribution in [0.1, 0.15) is 18.4 Å². The molecule has 6 rings (SSSR count). The van der Waals surface area contributed by atoms with Crippen LogP contribution in [0.3, 0.4) is 0 Å². The number of anilines is 2. The lowest BCUT2D eigenvalue weighted by Crippen LogP contribution is -2.29. The van der Waals surface area contributed by atoms with E-state index in [4.69, 9.17) is 14.2 Å². The van der Waals surface area contributed by atoms with Gasteiger partial charge >= 0.3 is 6.09 Å². The molecule has 3 aliphatic heterocycles. The topological polar surface area (TPSA) is 144 Å². The van der Waals surface area contributed by atoms with Crippen molar-refractivity contribution in [1.82, 2.24) is 30.2 Å². The molecule has 3 aliphatic rings. The van der Waals surface area contributed by atoms with Gasteiger partial charge in [-0.05, 0) is 50.2 Å². The van der Waals surface area contributed by atoms with Crippen LogP contribution in [-0.2, 0) is 16.1 Å². The van der Waals surface area contributed by atoms with Gasteiger partial charge in [-0.3, -0.25) is 19.7 Å². The molecule has 2 N–H and O–H groups in total. The standard InChI is InChI=1S/C27H30N8O5/c1-34-7-5-20(14-34)39-25-13-30-12-21(31-25)18-8-17(10-29-11-18)9-28-6-4-19-15-35(27(37)40-19)23-3-2-22-26(32-23)33-24(36)16-38-22/h2-3,8,10-13,19-20,28H,4-7,9,14-16H2,1H3,(H,32,33,36). The molecule has 3 aromatic heterocycles. The van der Waals surface area contributed by atoms with E-state index in [0.717, 1.165) is 30.6 Å². The van der Waals surface area contributed by atoms with Gasteiger partial charge in [0.05, 0.1) is 24.6 Å². The van der Waals surface area contributed by atoms with Crippen molar-refractivity contribution < 1.29 is 23.8 Å². The smallest absolute Gasteiger partial charge is 0.415 e. The molecule has 13 heteroatoms. The average Bonchev–Trinajstić information content (AvgIpc) is 3.55. The Morgan fingerprint density at radius 3 is 2.90 bits per heavy atom. The predicted octanol–water partition coefficient (Wildman–Crippen LogP) is 1.85. The highest BCUT2D eigenvalue weighted by Crippen LogP contribution is 2.30. The van der Waals surface area contributed by atoms with Crippen LogP contribution in [0.4, 0.5) is 16.4 Å². The van der Waals surface area contributed by atoms with Gasteiger partial charge in [0.25, 0.3) is 5.91 Å². The second-order valence-corrected chi connectivity index (χ2v) is 10.1. The van der Waals surface area contributed by atoms with Gasteiger partial charge in [-0.1, -0.05) is 0 Å². The summed E-state index contributed by atoms with van der Waals surface area (Å²) < 4.78 is 16.9. The fourth-order valence-electron chi connectivity index (χ4n) is 4.89. The molecule has 0 saturated carbocycles. The number of hydrogen-bond acceptors (Lipinski definition) is 11. The van der Waals surface area contributed by atoms with Crippen LogP contribution in [-0.4, -0.2) is 88.9 Å². The maximum absolute atomic E-state index is 12.5. The second-order valence-electron chi connectivity index (χ2n) is 10.1. The second kappa shape index (κ2) is 11.4. The maximum Gasteiger partial charge on any atom is 0.415 e. The molecule has 0 bridgehead atoms. The Balaban J connectivity index is 0.997. The lowest BCUT2D eigenvalue weighted by atomic mass is 10.1. The van der Waals surface area contributed by atoms with Crippen LogP contribution in [0.2, 0.25) is 0 Å². The van der Waals surface area contributed by atoms with Crippen LogP contribution in [0, 0.1) is 0 Å². The number of ether oxygens (including phenoxy) is 3. The van der Waals surface area contributed by atoms with Crippen LogP contribution < -0.4 is 25.0 Å². The highest BCUT2D eigenvalue weighted by Gasteiger charge is 2.33. The van der Waals surface area contributed by atoms with Crippen LogP contribution in [0.15, 0.2) is 43.0 Å². The minimum Gasteiger partial charge on any atom is -0.480 e. The van der Waals surface area contributed by atoms with Gasteiger partial charge in [0.1, 0.15) is 18.0 Å². The summed E-state index contributed by atoms with van der Waals surface area (Å²) in [6.07, 6.45) is 7.90. The summed E-state index contributed by atoms with van der Waals surface area (Å²) in [5, 5.41) is 6.05. The van der Waals surface area contributed by atoms with E-state index in [0.29, 0.717) is 55.0 Å². The minimum atomic E-state index is -0.468. The zero-order valence-corrected chi connectivity index (χ0v) is 22.1. The monoisotopic (exact) mass is 546 g/mol. The Morgan fingerprint density at radius 1 is 1.12 bits per heavy atom. The molecule has 0 aromatic carbocycles. The van der Waals surface area contributed by atoms with Gasteiger partial charge in [-0.15, -0.1) is 0 Å². The zero-order chi connectivity index (χ0) is 27.5. The number of carbonyl (C=O) groups excluding carboxylic acids is 2. The largest absolute Gasteiger partial charge is 0.480 e. The molecular weight excluding hydrogens is 516 g/mol. The van der Waals surface area contributed by atoms with Gasteiger partial charge in [0.15, 0.2) is 18.2 Å². The van der Waals surface area contributed by atoms with E-state index in [1.165, 1.54) is 4.90 Å². The summed E-state index contributed by atoms with van der Waals surface area (Å²) in [5.41, 5.74) is 2.56. The van der Waals surface area contributed by atoms with Crippen molar-refractivity contribution in [2.75, 3.05) is 50.1 Å². The van der Waals surface area contributed by atoms with Crippen molar-refractivity contribution in [3.8, 4) is 22.9 Å². The molecule has 13 nitrogen and oxygen atoms in total. The maximum atomic E-state index is 12.5. The van der Waals surface area contributed by atoms with Gasteiger partial charge < -0.3 is 29.7 Å². The molecular formula is C27H30N8O5. The third kappa shape index (κ3) is 5.95. The van der Waals surface area contributed by atoms with E-state index in [1.807, 2.05) is 6.07 Å². The van der Waals surface area contributed by atoms with Gasteiger partial charge in [-0.2, -0.15) is 0 Å². The van der Waals surface area contributed by atoms with E-state index in [2.05, 4.69) is 42.5 Å². The summed E-state index contributed by atoms with van der Waals surface area (Å²) in [6.45, 7) is 3.44. The summed E-state index contributed by atoms with van der Waals surface area (Å²) in [6, 6.07) is 5.39. The Kier molecular flexibility index (Phi) is 7.38. The van der Waals surface area contributed by atoms with Gasteiger partial charge in [-0.25, -0.2) is 14.8 Å². The summed E-state index contributed by atoms with van der Waals surface area (Å²) in [5.74, 6) is 1.41. The van der Waals surface area contributed by atoms with Gasteiger partial charge in [0, 0.05) is 37.6 Å². The van der Waals surface area contributed by atoms with Crippen LogP contribution in [0.25, 0.3) is 11.3 Å². The molecule has 2 atom stereocenters. The number of pyridine rings is 2. The molecule has 6 heterocycles. The zero-order valence-electron chi connectivity index (χ0n) is 22.1. The summed E-state index contributed by atoms with van der Waals surface area (Å²) in [7, 11) is 2.08. The SMILES string of the molecule is CN1CCC(Oc2cncc(-c3cncc(CNCCC4CN(c5ccc6c(n5)NC(=O)CO6)C(=O)O4)c3)n2)C1. The average molecular weight is 547 g/mol. The van der Waals surface area contributed by atoms with Crippen molar-refractivity contribution in [3.63, 3.8) is 0 Å². The number of fused-ring (bicyclic) bond motifs is 1. The number of hydrogen-bond donors (Lipinski definition) is 2. The van der Waals surface area contributed by atoms with E-state index in [9.17, 15) is 9.59 Å². The summed E-state index contributed by atoms with van der Waals surface area (Å²) >= 11 is 0. The number of likely N-dealkylation sites (tertiary alicyclic amines) is 1. The number of likely N-dealkylation sites (N-methyl/N-ethyl adjacent to an activating group) is 1. The lowest BCUT2D eigenvalue weighted by molar-refractivity contribution is -0.118. The van der Waals surface area contributed by atoms with Gasteiger partial charge in [0.2, 0.25) is 5.88 Å². The Bertz CT molecular complexity index is 1400. The molecule has 3 aromatic rings. The molecule has 0 radical (unpaired) electrons. The third-order valence-electron chi connectivity index (χ3n) is 6.92. The third-order valence-corrected chi connectivity index (χ3v) is 6.92. The Labute approximate surface area is 230 Å². The number of rotatable bonds is 9. The van der Waals surface area contributed by atoms with Crippen molar-refractivity contribution in [3.05, 3.63) is 48.5 Å². The number of amides is 2. The Hall–Kier alpha value is -4.36. The fourth-order valence-corrected chi connectivity index (χ4v) is 4.89. The molecule has 0 aliphatic carbocycles. The van der Waals surface area contributed by atoms with E-state index in [-0.39, 0.29) is 24.7 Å². The molecule has 2 saturated heterocycles. The number of carbonyl (C=O) groups is 2. The summed E-state index contributed by atoms with van der Waals surface area (Å²) in [4.78, 5) is 45.4. The van der Waals surface area contributed by atoms with Crippen molar-refractivity contribution >= 4 is 23.6 Å². The van der Waals surface area contributed by atoms with Crippen LogP contribution in [0.5, 0.6) is 11.6 Å². The quantitative estimate of drug-likeness (QED) is 0.380. The minimum absolute atomic E-state index is 0.0516. The highest BCUT2D eigenvalue weighted by atomic mass is 16.6. The lowest BCUT2D eigenvalue weighted by Gasteiger charge is -2.19. The number of aromatic nitrogens is 4. The first-order chi connectivity index (χ1) is 19.5. The van der Waals surface area contributed by atoms with Crippen molar-refractivity contribution in [2.45, 2.75) is 31.6 Å². The Morgan fingerprint density at radius 2 is 2.02 bits per heavy atom. The van der Waals surface area contributed by atoms with Crippen molar-refractivity contribution in [1.29, 1.82) is 0 Å². The molecule has 208 valence electrons. The highest BCUT2D eigenvalue weighted by molar-refractivity contribution is 5.95.